The molecule has 1 amide bonds. The number of halogens is 2. The van der Waals surface area contributed by atoms with Crippen molar-refractivity contribution in [2.45, 2.75) is 43.0 Å². The van der Waals surface area contributed by atoms with Gasteiger partial charge < -0.3 is 11.1 Å². The van der Waals surface area contributed by atoms with Crippen molar-refractivity contribution in [1.82, 2.24) is 5.32 Å². The van der Waals surface area contributed by atoms with E-state index in [9.17, 15) is 17.8 Å². The van der Waals surface area contributed by atoms with E-state index in [4.69, 9.17) is 5.73 Å². The van der Waals surface area contributed by atoms with Gasteiger partial charge in [0.05, 0.1) is 10.8 Å². The number of hydrogen-bond donors (Lipinski definition) is 2. The van der Waals surface area contributed by atoms with Crippen LogP contribution in [0.3, 0.4) is 0 Å². The van der Waals surface area contributed by atoms with Crippen LogP contribution in [0.25, 0.3) is 0 Å². The van der Waals surface area contributed by atoms with Crippen molar-refractivity contribution >= 4 is 22.4 Å². The van der Waals surface area contributed by atoms with Gasteiger partial charge in [0.15, 0.2) is 0 Å². The van der Waals surface area contributed by atoms with Gasteiger partial charge in [-0.2, -0.15) is 0 Å². The molecule has 1 aromatic rings. The second kappa shape index (κ2) is 6.98. The summed E-state index contributed by atoms with van der Waals surface area (Å²) in [7, 11) is -2.07. The molecule has 0 aliphatic heterocycles. The number of amides is 1. The minimum Gasteiger partial charge on any atom is -0.399 e. The standard InChI is InChI=1S/C14H18F2N2O2S/c15-11-6-9(17)7-12(16)14(11)21(20)8-13(19)18-10-4-2-1-3-5-10/h6-7,10H,1-5,8,17H2,(H,18,19). The predicted molar refractivity (Wildman–Crippen MR) is 77.1 cm³/mol. The molecule has 0 aromatic heterocycles. The first-order chi connectivity index (χ1) is 9.97. The lowest BCUT2D eigenvalue weighted by molar-refractivity contribution is -0.119. The van der Waals surface area contributed by atoms with Crippen LogP contribution >= 0.6 is 0 Å². The highest BCUT2D eigenvalue weighted by Crippen LogP contribution is 2.21. The van der Waals surface area contributed by atoms with Crippen LogP contribution in [-0.4, -0.2) is 21.9 Å². The lowest BCUT2D eigenvalue weighted by Crippen LogP contribution is -2.38. The second-order valence-electron chi connectivity index (χ2n) is 5.21. The number of anilines is 1. The van der Waals surface area contributed by atoms with E-state index >= 15 is 0 Å². The molecule has 116 valence electrons. The van der Waals surface area contributed by atoms with E-state index in [0.717, 1.165) is 44.2 Å². The van der Waals surface area contributed by atoms with Crippen LogP contribution in [-0.2, 0) is 15.6 Å². The maximum Gasteiger partial charge on any atom is 0.233 e. The molecule has 7 heteroatoms. The van der Waals surface area contributed by atoms with Gasteiger partial charge in [0, 0.05) is 11.7 Å². The number of nitrogens with two attached hydrogens (primary N) is 1. The van der Waals surface area contributed by atoms with Gasteiger partial charge in [0.25, 0.3) is 0 Å². The van der Waals surface area contributed by atoms with E-state index in [0.29, 0.717) is 0 Å². The molecular weight excluding hydrogens is 298 g/mol. The molecule has 0 saturated heterocycles. The zero-order chi connectivity index (χ0) is 15.4. The van der Waals surface area contributed by atoms with E-state index in [-0.39, 0.29) is 11.7 Å². The SMILES string of the molecule is Nc1cc(F)c(S(=O)CC(=O)NC2CCCCC2)c(F)c1. The molecule has 0 bridgehead atoms. The van der Waals surface area contributed by atoms with Crippen LogP contribution in [0.4, 0.5) is 14.5 Å². The van der Waals surface area contributed by atoms with Gasteiger partial charge in [-0.1, -0.05) is 19.3 Å². The molecule has 1 unspecified atom stereocenters. The van der Waals surface area contributed by atoms with Crippen molar-refractivity contribution in [2.75, 3.05) is 11.5 Å². The Kier molecular flexibility index (Phi) is 5.27. The first kappa shape index (κ1) is 15.9. The fraction of sp³-hybridized carbons (Fsp3) is 0.500. The van der Waals surface area contributed by atoms with Crippen molar-refractivity contribution in [3.8, 4) is 0 Å². The largest absolute Gasteiger partial charge is 0.399 e. The number of nitrogen functional groups attached to an aromatic ring is 1. The Morgan fingerprint density at radius 2 is 1.81 bits per heavy atom. The van der Waals surface area contributed by atoms with Crippen molar-refractivity contribution < 1.29 is 17.8 Å². The van der Waals surface area contributed by atoms with Gasteiger partial charge in [0.2, 0.25) is 5.91 Å². The van der Waals surface area contributed by atoms with Crippen molar-refractivity contribution in [1.29, 1.82) is 0 Å². The monoisotopic (exact) mass is 316 g/mol. The number of nitrogens with one attached hydrogen (secondary N) is 1. The third-order valence-electron chi connectivity index (χ3n) is 3.48. The van der Waals surface area contributed by atoms with E-state index < -0.39 is 39.0 Å². The number of carbonyl (C=O) groups excluding carboxylic acids is 1. The summed E-state index contributed by atoms with van der Waals surface area (Å²) in [6.45, 7) is 0. The van der Waals surface area contributed by atoms with Crippen LogP contribution in [0, 0.1) is 11.6 Å². The maximum absolute atomic E-state index is 13.6. The molecule has 1 aromatic carbocycles. The first-order valence-corrected chi connectivity index (χ1v) is 8.21. The van der Waals surface area contributed by atoms with Gasteiger partial charge in [0.1, 0.15) is 22.3 Å². The van der Waals surface area contributed by atoms with E-state index in [2.05, 4.69) is 5.32 Å². The van der Waals surface area contributed by atoms with Crippen molar-refractivity contribution in [2.24, 2.45) is 0 Å². The molecule has 0 radical (unpaired) electrons. The third kappa shape index (κ3) is 4.23. The topological polar surface area (TPSA) is 72.2 Å². The minimum absolute atomic E-state index is 0.0735. The lowest BCUT2D eigenvalue weighted by Gasteiger charge is -2.22. The molecule has 1 saturated carbocycles. The summed E-state index contributed by atoms with van der Waals surface area (Å²) in [4.78, 5) is 11.2. The van der Waals surface area contributed by atoms with E-state index in [1.54, 1.807) is 0 Å². The Balaban J connectivity index is 1.99. The molecule has 1 aliphatic rings. The molecule has 21 heavy (non-hydrogen) atoms. The molecule has 0 heterocycles. The van der Waals surface area contributed by atoms with Crippen LogP contribution in [0.5, 0.6) is 0 Å². The highest BCUT2D eigenvalue weighted by atomic mass is 32.2. The van der Waals surface area contributed by atoms with Gasteiger partial charge in [-0.05, 0) is 25.0 Å². The summed E-state index contributed by atoms with van der Waals surface area (Å²) in [6.07, 6.45) is 5.04. The molecule has 4 nitrogen and oxygen atoms in total. The van der Waals surface area contributed by atoms with Crippen molar-refractivity contribution in [3.63, 3.8) is 0 Å². The average Bonchev–Trinajstić information content (AvgIpc) is 2.38. The molecule has 2 rings (SSSR count). The second-order valence-corrected chi connectivity index (χ2v) is 6.59. The normalized spacial score (nSPS) is 17.4. The molecule has 0 spiro atoms. The zero-order valence-corrected chi connectivity index (χ0v) is 12.3. The summed E-state index contributed by atoms with van der Waals surface area (Å²) in [6, 6.07) is 1.87. The minimum atomic E-state index is -2.07. The first-order valence-electron chi connectivity index (χ1n) is 6.89. The highest BCUT2D eigenvalue weighted by molar-refractivity contribution is 7.85. The Hall–Kier alpha value is -1.50. The fourth-order valence-electron chi connectivity index (χ4n) is 2.50. The zero-order valence-electron chi connectivity index (χ0n) is 11.5. The maximum atomic E-state index is 13.6. The summed E-state index contributed by atoms with van der Waals surface area (Å²) in [5.74, 6) is -2.88. The van der Waals surface area contributed by atoms with Crippen LogP contribution < -0.4 is 11.1 Å². The molecular formula is C14H18F2N2O2S. The molecule has 1 fully saturated rings. The van der Waals surface area contributed by atoms with E-state index in [1.807, 2.05) is 0 Å². The number of benzene rings is 1. The van der Waals surface area contributed by atoms with Crippen LogP contribution in [0.15, 0.2) is 17.0 Å². The van der Waals surface area contributed by atoms with Crippen LogP contribution in [0.2, 0.25) is 0 Å². The molecule has 3 N–H and O–H groups in total. The Labute approximate surface area is 124 Å². The van der Waals surface area contributed by atoms with Crippen molar-refractivity contribution in [3.05, 3.63) is 23.8 Å². The smallest absolute Gasteiger partial charge is 0.233 e. The summed E-state index contributed by atoms with van der Waals surface area (Å²) in [5.41, 5.74) is 5.21. The Morgan fingerprint density at radius 3 is 2.38 bits per heavy atom. The quantitative estimate of drug-likeness (QED) is 0.836. The highest BCUT2D eigenvalue weighted by Gasteiger charge is 2.21. The number of rotatable bonds is 4. The fourth-order valence-corrected chi connectivity index (χ4v) is 3.52. The van der Waals surface area contributed by atoms with E-state index in [1.165, 1.54) is 0 Å². The average molecular weight is 316 g/mol. The van der Waals surface area contributed by atoms with Gasteiger partial charge >= 0.3 is 0 Å². The van der Waals surface area contributed by atoms with Gasteiger partial charge in [-0.3, -0.25) is 9.00 Å². The Morgan fingerprint density at radius 1 is 1.24 bits per heavy atom. The summed E-state index contributed by atoms with van der Waals surface area (Å²) >= 11 is 0. The molecule has 1 atom stereocenters. The summed E-state index contributed by atoms with van der Waals surface area (Å²) < 4.78 is 39.2. The Bertz CT molecular complexity index is 537. The predicted octanol–water partition coefficient (Wildman–Crippen LogP) is 2.10. The lowest BCUT2D eigenvalue weighted by atomic mass is 9.95. The van der Waals surface area contributed by atoms with Crippen LogP contribution in [0.1, 0.15) is 32.1 Å². The van der Waals surface area contributed by atoms with Gasteiger partial charge in [-0.15, -0.1) is 0 Å². The molecule has 1 aliphatic carbocycles. The number of hydrogen-bond acceptors (Lipinski definition) is 3. The third-order valence-corrected chi connectivity index (χ3v) is 4.85. The summed E-state index contributed by atoms with van der Waals surface area (Å²) in [5, 5.41) is 2.77. The number of carbonyl (C=O) groups is 1. The van der Waals surface area contributed by atoms with Gasteiger partial charge in [-0.25, -0.2) is 8.78 Å².